The fourth-order valence-corrected chi connectivity index (χ4v) is 2.94. The van der Waals surface area contributed by atoms with Crippen molar-refractivity contribution in [3.8, 4) is 5.75 Å². The van der Waals surface area contributed by atoms with E-state index >= 15 is 0 Å². The Balaban J connectivity index is 1.83. The van der Waals surface area contributed by atoms with Crippen LogP contribution in [0.15, 0.2) is 56.5 Å². The zero-order valence-corrected chi connectivity index (χ0v) is 15.5. The Hall–Kier alpha value is -1.86. The molecule has 0 fully saturated rings. The van der Waals surface area contributed by atoms with Crippen LogP contribution >= 0.6 is 31.9 Å². The Bertz CT molecular complexity index is 720. The van der Waals surface area contributed by atoms with Gasteiger partial charge >= 0.3 is 0 Å². The van der Waals surface area contributed by atoms with Gasteiger partial charge in [0, 0.05) is 14.6 Å². The van der Waals surface area contributed by atoms with Gasteiger partial charge in [-0.15, -0.1) is 0 Å². The van der Waals surface area contributed by atoms with Crippen molar-refractivity contribution < 1.29 is 9.53 Å². The minimum absolute atomic E-state index is 0.121. The molecule has 23 heavy (non-hydrogen) atoms. The van der Waals surface area contributed by atoms with Crippen LogP contribution in [0.25, 0.3) is 0 Å². The maximum absolute atomic E-state index is 11.8. The Morgan fingerprint density at radius 2 is 2.09 bits per heavy atom. The summed E-state index contributed by atoms with van der Waals surface area (Å²) in [7, 11) is 1.60. The second-order valence-electron chi connectivity index (χ2n) is 4.55. The first-order chi connectivity index (χ1) is 11.1. The van der Waals surface area contributed by atoms with Crippen LogP contribution in [0.2, 0.25) is 0 Å². The average molecular weight is 441 g/mol. The number of nitrogens with zero attached hydrogens (tertiary/aromatic N) is 1. The molecule has 2 aromatic carbocycles. The van der Waals surface area contributed by atoms with E-state index in [2.05, 4.69) is 47.7 Å². The predicted molar refractivity (Wildman–Crippen MR) is 99.1 cm³/mol. The molecule has 0 saturated heterocycles. The highest BCUT2D eigenvalue weighted by molar-refractivity contribution is 9.11. The molecule has 2 rings (SSSR count). The molecule has 0 saturated carbocycles. The largest absolute Gasteiger partial charge is 0.497 e. The van der Waals surface area contributed by atoms with E-state index in [9.17, 15) is 4.79 Å². The molecule has 0 heterocycles. The molecule has 5 nitrogen and oxygen atoms in total. The first-order valence-corrected chi connectivity index (χ1v) is 8.32. The van der Waals surface area contributed by atoms with Gasteiger partial charge < -0.3 is 10.1 Å². The molecule has 0 bridgehead atoms. The minimum atomic E-state index is -0.237. The number of ether oxygens (including phenoxy) is 1. The first kappa shape index (κ1) is 17.5. The molecule has 0 atom stereocenters. The van der Waals surface area contributed by atoms with Crippen LogP contribution in [0.4, 0.5) is 5.69 Å². The van der Waals surface area contributed by atoms with Gasteiger partial charge in [0.2, 0.25) is 0 Å². The lowest BCUT2D eigenvalue weighted by atomic mass is 10.2. The summed E-state index contributed by atoms with van der Waals surface area (Å²) in [5.74, 6) is 0.501. The lowest BCUT2D eigenvalue weighted by Gasteiger charge is -2.07. The van der Waals surface area contributed by atoms with Crippen molar-refractivity contribution in [2.45, 2.75) is 0 Å². The van der Waals surface area contributed by atoms with E-state index in [0.717, 1.165) is 25.9 Å². The zero-order valence-electron chi connectivity index (χ0n) is 12.3. The first-order valence-electron chi connectivity index (χ1n) is 6.73. The summed E-state index contributed by atoms with van der Waals surface area (Å²) >= 11 is 6.81. The number of hydrazone groups is 1. The molecule has 0 aliphatic rings. The van der Waals surface area contributed by atoms with E-state index in [1.165, 1.54) is 0 Å². The molecule has 2 aromatic rings. The highest BCUT2D eigenvalue weighted by Gasteiger charge is 2.03. The third-order valence-electron chi connectivity index (χ3n) is 2.87. The van der Waals surface area contributed by atoms with Crippen molar-refractivity contribution in [1.29, 1.82) is 0 Å². The van der Waals surface area contributed by atoms with Crippen molar-refractivity contribution in [3.63, 3.8) is 0 Å². The molecule has 0 unspecified atom stereocenters. The number of rotatable bonds is 6. The van der Waals surface area contributed by atoms with Crippen molar-refractivity contribution in [2.75, 3.05) is 19.0 Å². The van der Waals surface area contributed by atoms with Crippen LogP contribution in [0.3, 0.4) is 0 Å². The van der Waals surface area contributed by atoms with Crippen LogP contribution in [-0.2, 0) is 4.79 Å². The number of carbonyl (C=O) groups excluding carboxylic acids is 1. The number of hydrogen-bond donors (Lipinski definition) is 2. The van der Waals surface area contributed by atoms with Gasteiger partial charge in [0.15, 0.2) is 0 Å². The van der Waals surface area contributed by atoms with Gasteiger partial charge in [0.05, 0.1) is 19.9 Å². The van der Waals surface area contributed by atoms with Gasteiger partial charge in [-0.2, -0.15) is 5.10 Å². The second-order valence-corrected chi connectivity index (χ2v) is 6.32. The number of amides is 1. The fraction of sp³-hybridized carbons (Fsp3) is 0.125. The van der Waals surface area contributed by atoms with Gasteiger partial charge in [-0.1, -0.05) is 28.1 Å². The molecule has 0 aromatic heterocycles. The summed E-state index contributed by atoms with van der Waals surface area (Å²) in [5, 5.41) is 6.96. The summed E-state index contributed by atoms with van der Waals surface area (Å²) < 4.78 is 6.96. The summed E-state index contributed by atoms with van der Waals surface area (Å²) in [6, 6.07) is 13.1. The van der Waals surface area contributed by atoms with Gasteiger partial charge in [0.1, 0.15) is 5.75 Å². The molecule has 0 spiro atoms. The number of benzene rings is 2. The Kier molecular flexibility index (Phi) is 6.61. The Morgan fingerprint density at radius 1 is 1.26 bits per heavy atom. The fourth-order valence-electron chi connectivity index (χ4n) is 1.75. The normalized spacial score (nSPS) is 10.6. The Morgan fingerprint density at radius 3 is 2.83 bits per heavy atom. The molecule has 0 aliphatic heterocycles. The maximum atomic E-state index is 11.8. The summed E-state index contributed by atoms with van der Waals surface area (Å²) in [6.45, 7) is 0.121. The molecule has 1 amide bonds. The van der Waals surface area contributed by atoms with E-state index in [-0.39, 0.29) is 12.5 Å². The number of carbonyl (C=O) groups is 1. The van der Waals surface area contributed by atoms with Crippen molar-refractivity contribution >= 4 is 49.7 Å². The van der Waals surface area contributed by atoms with Gasteiger partial charge in [-0.25, -0.2) is 5.43 Å². The minimum Gasteiger partial charge on any atom is -0.497 e. The molecule has 2 N–H and O–H groups in total. The van der Waals surface area contributed by atoms with Crippen LogP contribution in [0, 0.1) is 0 Å². The molecule has 120 valence electrons. The van der Waals surface area contributed by atoms with Crippen LogP contribution in [0.1, 0.15) is 5.56 Å². The molecule has 0 aliphatic carbocycles. The summed E-state index contributed by atoms with van der Waals surface area (Å²) in [4.78, 5) is 11.8. The number of anilines is 1. The second kappa shape index (κ2) is 8.69. The van der Waals surface area contributed by atoms with Gasteiger partial charge in [-0.3, -0.25) is 4.79 Å². The van der Waals surface area contributed by atoms with Crippen molar-refractivity contribution in [1.82, 2.24) is 5.43 Å². The molecule has 7 heteroatoms. The van der Waals surface area contributed by atoms with Gasteiger partial charge in [-0.05, 0) is 51.8 Å². The quantitative estimate of drug-likeness (QED) is 0.530. The zero-order chi connectivity index (χ0) is 16.7. The monoisotopic (exact) mass is 439 g/mol. The number of halogens is 2. The number of methoxy groups -OCH3 is 1. The lowest BCUT2D eigenvalue weighted by molar-refractivity contribution is -0.119. The Labute approximate surface area is 151 Å². The van der Waals surface area contributed by atoms with E-state index in [0.29, 0.717) is 0 Å². The van der Waals surface area contributed by atoms with Crippen molar-refractivity contribution in [3.05, 3.63) is 57.0 Å². The van der Waals surface area contributed by atoms with E-state index in [4.69, 9.17) is 4.74 Å². The summed E-state index contributed by atoms with van der Waals surface area (Å²) in [6.07, 6.45) is 1.57. The van der Waals surface area contributed by atoms with Crippen LogP contribution < -0.4 is 15.5 Å². The van der Waals surface area contributed by atoms with E-state index < -0.39 is 0 Å². The molecular formula is C16H15Br2N3O2. The smallest absolute Gasteiger partial charge is 0.259 e. The third kappa shape index (κ3) is 5.69. The lowest BCUT2D eigenvalue weighted by Crippen LogP contribution is -2.26. The maximum Gasteiger partial charge on any atom is 0.259 e. The van der Waals surface area contributed by atoms with Crippen LogP contribution in [0.5, 0.6) is 5.75 Å². The van der Waals surface area contributed by atoms with E-state index in [1.807, 2.05) is 42.5 Å². The number of hydrogen-bond acceptors (Lipinski definition) is 4. The van der Waals surface area contributed by atoms with Crippen molar-refractivity contribution in [2.24, 2.45) is 5.10 Å². The summed E-state index contributed by atoms with van der Waals surface area (Å²) in [5.41, 5.74) is 4.15. The standard InChI is InChI=1S/C16H15Br2N3O2/c1-23-13-4-2-3-11(7-13)9-20-21-16(22)10-19-15-6-5-12(17)8-14(15)18/h2-9,19H,10H2,1H3,(H,21,22)/b20-9+. The SMILES string of the molecule is COc1cccc(/C=N/NC(=O)CNc2ccc(Br)cc2Br)c1. The third-order valence-corrected chi connectivity index (χ3v) is 4.02. The molecule has 0 radical (unpaired) electrons. The predicted octanol–water partition coefficient (Wildman–Crippen LogP) is 3.78. The van der Waals surface area contributed by atoms with Crippen LogP contribution in [-0.4, -0.2) is 25.8 Å². The highest BCUT2D eigenvalue weighted by atomic mass is 79.9. The van der Waals surface area contributed by atoms with E-state index in [1.54, 1.807) is 13.3 Å². The van der Waals surface area contributed by atoms with Gasteiger partial charge in [0.25, 0.3) is 5.91 Å². The highest BCUT2D eigenvalue weighted by Crippen LogP contribution is 2.25. The average Bonchev–Trinajstić information content (AvgIpc) is 2.54. The topological polar surface area (TPSA) is 62.7 Å². The molecular weight excluding hydrogens is 426 g/mol. The number of nitrogens with one attached hydrogen (secondary N) is 2.